The maximum Gasteiger partial charge on any atom is 0.330 e. The summed E-state index contributed by atoms with van der Waals surface area (Å²) < 4.78 is 23.0. The Balaban J connectivity index is 2.44. The van der Waals surface area contributed by atoms with E-state index in [0.29, 0.717) is 25.3 Å². The van der Waals surface area contributed by atoms with Crippen molar-refractivity contribution in [1.29, 1.82) is 0 Å². The highest BCUT2D eigenvalue weighted by molar-refractivity contribution is 7.53. The molecule has 0 spiro atoms. The van der Waals surface area contributed by atoms with Crippen LogP contribution in [0.3, 0.4) is 0 Å². The number of benzene rings is 1. The third-order valence-corrected chi connectivity index (χ3v) is 5.33. The first-order valence-electron chi connectivity index (χ1n) is 7.01. The maximum absolute atomic E-state index is 12.4. The smallest absolute Gasteiger partial charge is 0.309 e. The minimum atomic E-state index is -2.90. The van der Waals surface area contributed by atoms with Crippen molar-refractivity contribution in [3.05, 3.63) is 35.9 Å². The predicted octanol–water partition coefficient (Wildman–Crippen LogP) is 4.52. The zero-order chi connectivity index (χ0) is 14.1. The summed E-state index contributed by atoms with van der Waals surface area (Å²) in [5.41, 5.74) is 1.32. The van der Waals surface area contributed by atoms with E-state index in [-0.39, 0.29) is 0 Å². The van der Waals surface area contributed by atoms with Crippen molar-refractivity contribution in [3.63, 3.8) is 0 Å². The lowest BCUT2D eigenvalue weighted by molar-refractivity contribution is 0.216. The van der Waals surface area contributed by atoms with E-state index in [2.05, 4.69) is 19.1 Å². The first kappa shape index (κ1) is 16.4. The molecule has 108 valence electrons. The molecule has 0 heterocycles. The standard InChI is InChI=1S/C15H25O3P/c1-4-17-19(16,18-5-2)13-14(3)11-12-15-9-7-6-8-10-15/h6-10,14H,4-5,11-13H2,1-3H3. The molecule has 3 nitrogen and oxygen atoms in total. The van der Waals surface area contributed by atoms with Gasteiger partial charge in [0.05, 0.1) is 19.4 Å². The molecule has 0 aliphatic carbocycles. The van der Waals surface area contributed by atoms with E-state index >= 15 is 0 Å². The highest BCUT2D eigenvalue weighted by Crippen LogP contribution is 2.49. The van der Waals surface area contributed by atoms with Gasteiger partial charge in [-0.2, -0.15) is 0 Å². The predicted molar refractivity (Wildman–Crippen MR) is 79.7 cm³/mol. The summed E-state index contributed by atoms with van der Waals surface area (Å²) >= 11 is 0. The van der Waals surface area contributed by atoms with Crippen LogP contribution in [0.5, 0.6) is 0 Å². The van der Waals surface area contributed by atoms with Gasteiger partial charge in [-0.3, -0.25) is 4.57 Å². The molecule has 1 unspecified atom stereocenters. The van der Waals surface area contributed by atoms with E-state index in [1.54, 1.807) is 0 Å². The van der Waals surface area contributed by atoms with Crippen LogP contribution in [0.15, 0.2) is 30.3 Å². The van der Waals surface area contributed by atoms with Gasteiger partial charge in [0.25, 0.3) is 0 Å². The van der Waals surface area contributed by atoms with Gasteiger partial charge in [-0.1, -0.05) is 37.3 Å². The second-order valence-corrected chi connectivity index (χ2v) is 6.86. The summed E-state index contributed by atoms with van der Waals surface area (Å²) in [7, 11) is -2.90. The fourth-order valence-electron chi connectivity index (χ4n) is 2.07. The maximum atomic E-state index is 12.4. The van der Waals surface area contributed by atoms with Gasteiger partial charge in [-0.15, -0.1) is 0 Å². The van der Waals surface area contributed by atoms with E-state index in [4.69, 9.17) is 9.05 Å². The molecule has 0 aliphatic heterocycles. The molecule has 0 aromatic heterocycles. The van der Waals surface area contributed by atoms with Crippen molar-refractivity contribution < 1.29 is 13.6 Å². The van der Waals surface area contributed by atoms with Gasteiger partial charge < -0.3 is 9.05 Å². The van der Waals surface area contributed by atoms with Crippen molar-refractivity contribution in [2.24, 2.45) is 5.92 Å². The number of hydrogen-bond donors (Lipinski definition) is 0. The Morgan fingerprint density at radius 1 is 1.11 bits per heavy atom. The molecule has 0 fully saturated rings. The highest BCUT2D eigenvalue weighted by atomic mass is 31.2. The molecule has 0 saturated carbocycles. The van der Waals surface area contributed by atoms with E-state index in [1.165, 1.54) is 5.56 Å². The first-order valence-corrected chi connectivity index (χ1v) is 8.74. The Bertz CT molecular complexity index is 382. The third-order valence-electron chi connectivity index (χ3n) is 2.96. The average molecular weight is 284 g/mol. The van der Waals surface area contributed by atoms with E-state index in [9.17, 15) is 4.57 Å². The van der Waals surface area contributed by atoms with Crippen LogP contribution in [-0.4, -0.2) is 19.4 Å². The Kier molecular flexibility index (Phi) is 7.37. The van der Waals surface area contributed by atoms with Crippen molar-refractivity contribution in [2.75, 3.05) is 19.4 Å². The third kappa shape index (κ3) is 6.38. The molecule has 1 rings (SSSR count). The van der Waals surface area contributed by atoms with Crippen molar-refractivity contribution in [2.45, 2.75) is 33.6 Å². The normalized spacial score (nSPS) is 13.4. The SMILES string of the molecule is CCOP(=O)(CC(C)CCc1ccccc1)OCC. The highest BCUT2D eigenvalue weighted by Gasteiger charge is 2.26. The van der Waals surface area contributed by atoms with Crippen molar-refractivity contribution >= 4 is 7.60 Å². The van der Waals surface area contributed by atoms with Gasteiger partial charge >= 0.3 is 7.60 Å². The zero-order valence-electron chi connectivity index (χ0n) is 12.2. The van der Waals surface area contributed by atoms with Gasteiger partial charge in [-0.25, -0.2) is 0 Å². The van der Waals surface area contributed by atoms with Crippen LogP contribution in [0.25, 0.3) is 0 Å². The molecule has 1 aromatic rings. The minimum absolute atomic E-state index is 0.323. The van der Waals surface area contributed by atoms with Gasteiger partial charge in [0.1, 0.15) is 0 Å². The van der Waals surface area contributed by atoms with Crippen LogP contribution in [0.1, 0.15) is 32.8 Å². The summed E-state index contributed by atoms with van der Waals surface area (Å²) in [5.74, 6) is 0.323. The summed E-state index contributed by atoms with van der Waals surface area (Å²) in [5, 5.41) is 0. The number of rotatable bonds is 9. The lowest BCUT2D eigenvalue weighted by Gasteiger charge is -2.20. The molecule has 0 N–H and O–H groups in total. The Labute approximate surface area is 116 Å². The van der Waals surface area contributed by atoms with Crippen LogP contribution in [-0.2, 0) is 20.0 Å². The molecule has 0 saturated heterocycles. The lowest BCUT2D eigenvalue weighted by atomic mass is 10.0. The van der Waals surface area contributed by atoms with Crippen LogP contribution in [0.2, 0.25) is 0 Å². The largest absolute Gasteiger partial charge is 0.330 e. The Morgan fingerprint density at radius 2 is 1.68 bits per heavy atom. The molecule has 0 radical (unpaired) electrons. The fourth-order valence-corrected chi connectivity index (χ4v) is 4.08. The quantitative estimate of drug-likeness (QED) is 0.625. The average Bonchev–Trinajstić information content (AvgIpc) is 2.38. The molecule has 0 bridgehead atoms. The topological polar surface area (TPSA) is 35.5 Å². The molecule has 1 atom stereocenters. The lowest BCUT2D eigenvalue weighted by Crippen LogP contribution is -2.08. The van der Waals surface area contributed by atoms with Gasteiger partial charge in [0.2, 0.25) is 0 Å². The zero-order valence-corrected chi connectivity index (χ0v) is 13.1. The van der Waals surface area contributed by atoms with Gasteiger partial charge in [0.15, 0.2) is 0 Å². The molecule has 19 heavy (non-hydrogen) atoms. The second-order valence-electron chi connectivity index (χ2n) is 4.76. The Morgan fingerprint density at radius 3 is 2.21 bits per heavy atom. The summed E-state index contributed by atoms with van der Waals surface area (Å²) in [6.45, 7) is 6.67. The molecule has 4 heteroatoms. The van der Waals surface area contributed by atoms with Crippen LogP contribution < -0.4 is 0 Å². The fraction of sp³-hybridized carbons (Fsp3) is 0.600. The van der Waals surface area contributed by atoms with Gasteiger partial charge in [0, 0.05) is 0 Å². The number of hydrogen-bond acceptors (Lipinski definition) is 3. The summed E-state index contributed by atoms with van der Waals surface area (Å²) in [6, 6.07) is 10.4. The second kappa shape index (κ2) is 8.52. The van der Waals surface area contributed by atoms with Crippen molar-refractivity contribution in [1.82, 2.24) is 0 Å². The van der Waals surface area contributed by atoms with Crippen LogP contribution in [0, 0.1) is 5.92 Å². The molecule has 0 aliphatic rings. The van der Waals surface area contributed by atoms with E-state index in [1.807, 2.05) is 32.0 Å². The van der Waals surface area contributed by atoms with Crippen LogP contribution >= 0.6 is 7.60 Å². The molecular weight excluding hydrogens is 259 g/mol. The Hall–Kier alpha value is -0.630. The van der Waals surface area contributed by atoms with Crippen LogP contribution in [0.4, 0.5) is 0 Å². The van der Waals surface area contributed by atoms with Crippen molar-refractivity contribution in [3.8, 4) is 0 Å². The summed E-state index contributed by atoms with van der Waals surface area (Å²) in [4.78, 5) is 0. The monoisotopic (exact) mass is 284 g/mol. The first-order chi connectivity index (χ1) is 9.09. The molecular formula is C15H25O3P. The number of aryl methyl sites for hydroxylation is 1. The molecule has 1 aromatic carbocycles. The van der Waals surface area contributed by atoms with Gasteiger partial charge in [-0.05, 0) is 38.2 Å². The molecule has 0 amide bonds. The minimum Gasteiger partial charge on any atom is -0.309 e. The van der Waals surface area contributed by atoms with E-state index in [0.717, 1.165) is 12.8 Å². The summed E-state index contributed by atoms with van der Waals surface area (Å²) in [6.07, 6.45) is 2.50. The van der Waals surface area contributed by atoms with E-state index < -0.39 is 7.60 Å².